The Bertz CT molecular complexity index is 768. The van der Waals surface area contributed by atoms with Crippen LogP contribution in [0, 0.1) is 17.3 Å². The van der Waals surface area contributed by atoms with Gasteiger partial charge in [-0.15, -0.1) is 0 Å². The number of nitrogens with one attached hydrogen (secondary N) is 2. The summed E-state index contributed by atoms with van der Waals surface area (Å²) in [6, 6.07) is 8.81. The van der Waals surface area contributed by atoms with Crippen molar-refractivity contribution in [2.75, 3.05) is 6.61 Å². The van der Waals surface area contributed by atoms with E-state index in [-0.39, 0.29) is 10.3 Å². The van der Waals surface area contributed by atoms with Gasteiger partial charge in [-0.2, -0.15) is 0 Å². The lowest BCUT2D eigenvalue weighted by Gasteiger charge is -2.58. The van der Waals surface area contributed by atoms with Crippen molar-refractivity contribution < 1.29 is 19.1 Å². The first-order valence-corrected chi connectivity index (χ1v) is 10.6. The van der Waals surface area contributed by atoms with Crippen molar-refractivity contribution in [2.24, 2.45) is 17.3 Å². The number of esters is 1. The Morgan fingerprint density at radius 1 is 1.07 bits per heavy atom. The normalized spacial score (nSPS) is 32.6. The molecule has 1 aromatic rings. The second kappa shape index (κ2) is 7.50. The van der Waals surface area contributed by atoms with E-state index in [0.717, 1.165) is 37.7 Å². The van der Waals surface area contributed by atoms with E-state index in [1.165, 1.54) is 6.42 Å². The minimum Gasteiger partial charge on any atom is -0.455 e. The fraction of sp³-hybridized carbons (Fsp3) is 0.571. The molecule has 0 saturated heterocycles. The van der Waals surface area contributed by atoms with E-state index in [9.17, 15) is 14.4 Å². The number of benzene rings is 1. The molecule has 0 radical (unpaired) electrons. The number of ether oxygens (including phenoxy) is 1. The zero-order valence-corrected chi connectivity index (χ0v) is 17.3. The number of amides is 3. The van der Waals surface area contributed by atoms with Crippen LogP contribution in [0.2, 0.25) is 0 Å². The van der Waals surface area contributed by atoms with Gasteiger partial charge < -0.3 is 10.1 Å². The highest BCUT2D eigenvalue weighted by atomic mass is 79.9. The number of alkyl halides is 1. The molecule has 0 heterocycles. The molecule has 5 rings (SSSR count). The SMILES string of the molecule is O=C(COC(=O)C12C[C@H]3C[C@@H](CC(Br)(C3)C1)C2)NC(=O)NCc1ccccc1. The summed E-state index contributed by atoms with van der Waals surface area (Å²) < 4.78 is 5.40. The summed E-state index contributed by atoms with van der Waals surface area (Å²) in [6.07, 6.45) is 5.94. The van der Waals surface area contributed by atoms with Crippen LogP contribution in [0.1, 0.15) is 44.1 Å². The van der Waals surface area contributed by atoms with Crippen LogP contribution in [-0.4, -0.2) is 28.8 Å². The first-order valence-electron chi connectivity index (χ1n) is 9.84. The summed E-state index contributed by atoms with van der Waals surface area (Å²) in [7, 11) is 0. The maximum absolute atomic E-state index is 12.8. The van der Waals surface area contributed by atoms with Gasteiger partial charge in [-0.05, 0) is 55.9 Å². The molecule has 4 saturated carbocycles. The van der Waals surface area contributed by atoms with Crippen molar-refractivity contribution in [1.82, 2.24) is 10.6 Å². The third kappa shape index (κ3) is 4.09. The van der Waals surface area contributed by atoms with Crippen LogP contribution in [0.4, 0.5) is 4.79 Å². The molecule has 4 aliphatic rings. The minimum atomic E-state index is -0.614. The largest absolute Gasteiger partial charge is 0.455 e. The van der Waals surface area contributed by atoms with Gasteiger partial charge in [-0.25, -0.2) is 4.79 Å². The first kappa shape index (κ1) is 19.4. The Balaban J connectivity index is 1.24. The van der Waals surface area contributed by atoms with E-state index < -0.39 is 24.0 Å². The van der Waals surface area contributed by atoms with Gasteiger partial charge in [0.15, 0.2) is 6.61 Å². The smallest absolute Gasteiger partial charge is 0.321 e. The monoisotopic (exact) mass is 448 g/mol. The highest BCUT2D eigenvalue weighted by molar-refractivity contribution is 9.10. The molecule has 6 nitrogen and oxygen atoms in total. The van der Waals surface area contributed by atoms with Crippen molar-refractivity contribution in [3.63, 3.8) is 0 Å². The van der Waals surface area contributed by atoms with Gasteiger partial charge in [0.1, 0.15) is 0 Å². The van der Waals surface area contributed by atoms with E-state index in [1.807, 2.05) is 30.3 Å². The van der Waals surface area contributed by atoms with Gasteiger partial charge in [0.25, 0.3) is 5.91 Å². The van der Waals surface area contributed by atoms with Crippen LogP contribution in [0.15, 0.2) is 30.3 Å². The average Bonchev–Trinajstić information content (AvgIpc) is 2.63. The molecule has 4 fully saturated rings. The summed E-state index contributed by atoms with van der Waals surface area (Å²) in [4.78, 5) is 36.7. The Morgan fingerprint density at radius 2 is 1.75 bits per heavy atom. The number of rotatable bonds is 5. The summed E-state index contributed by atoms with van der Waals surface area (Å²) in [6.45, 7) is -0.108. The molecule has 3 amide bonds. The summed E-state index contributed by atoms with van der Waals surface area (Å²) in [5, 5.41) is 4.82. The molecule has 2 N–H and O–H groups in total. The van der Waals surface area contributed by atoms with E-state index in [0.29, 0.717) is 18.4 Å². The number of hydrogen-bond acceptors (Lipinski definition) is 4. The summed E-state index contributed by atoms with van der Waals surface area (Å²) in [5.74, 6) is 0.221. The van der Waals surface area contributed by atoms with Crippen LogP contribution in [-0.2, 0) is 20.9 Å². The molecular weight excluding hydrogens is 424 g/mol. The van der Waals surface area contributed by atoms with Crippen LogP contribution < -0.4 is 10.6 Å². The van der Waals surface area contributed by atoms with Crippen molar-refractivity contribution in [3.8, 4) is 0 Å². The summed E-state index contributed by atoms with van der Waals surface area (Å²) >= 11 is 3.87. The Kier molecular flexibility index (Phi) is 5.21. The summed E-state index contributed by atoms with van der Waals surface area (Å²) in [5.41, 5.74) is 0.464. The van der Waals surface area contributed by atoms with Crippen LogP contribution in [0.3, 0.4) is 0 Å². The van der Waals surface area contributed by atoms with Gasteiger partial charge in [0.2, 0.25) is 0 Å². The molecule has 4 bridgehead atoms. The number of carbonyl (C=O) groups is 3. The third-order valence-electron chi connectivity index (χ3n) is 6.31. The number of carbonyl (C=O) groups excluding carboxylic acids is 3. The van der Waals surface area contributed by atoms with Gasteiger partial charge in [-0.1, -0.05) is 46.3 Å². The second-order valence-corrected chi connectivity index (χ2v) is 10.4. The number of hydrogen-bond donors (Lipinski definition) is 2. The molecule has 0 aromatic heterocycles. The Hall–Kier alpha value is -1.89. The van der Waals surface area contributed by atoms with Crippen molar-refractivity contribution in [1.29, 1.82) is 0 Å². The molecule has 4 aliphatic carbocycles. The average molecular weight is 449 g/mol. The third-order valence-corrected chi connectivity index (χ3v) is 7.23. The maximum Gasteiger partial charge on any atom is 0.321 e. The lowest BCUT2D eigenvalue weighted by atomic mass is 9.49. The van der Waals surface area contributed by atoms with Gasteiger partial charge >= 0.3 is 12.0 Å². The maximum atomic E-state index is 12.8. The first-order chi connectivity index (χ1) is 13.4. The van der Waals surface area contributed by atoms with E-state index in [1.54, 1.807) is 0 Å². The zero-order valence-electron chi connectivity index (χ0n) is 15.7. The van der Waals surface area contributed by atoms with Crippen molar-refractivity contribution >= 4 is 33.8 Å². The lowest BCUT2D eigenvalue weighted by molar-refractivity contribution is -0.171. The van der Waals surface area contributed by atoms with Crippen LogP contribution in [0.5, 0.6) is 0 Å². The molecule has 7 heteroatoms. The number of halogens is 1. The molecule has 1 aromatic carbocycles. The number of urea groups is 1. The van der Waals surface area contributed by atoms with E-state index in [2.05, 4.69) is 26.6 Å². The van der Waals surface area contributed by atoms with Gasteiger partial charge in [0.05, 0.1) is 5.41 Å². The standard InChI is InChI=1S/C21H25BrN2O4/c22-21-9-15-6-16(10-21)8-20(7-15,13-21)18(26)28-12-17(25)24-19(27)23-11-14-4-2-1-3-5-14/h1-5,15-16H,6-13H2,(H2,23,24,25,27)/t15-,16-,20?,21?/m1/s1. The fourth-order valence-corrected chi connectivity index (χ4v) is 7.11. The minimum absolute atomic E-state index is 0.0513. The Labute approximate surface area is 172 Å². The molecule has 0 aliphatic heterocycles. The predicted octanol–water partition coefficient (Wildman–Crippen LogP) is 3.29. The quantitative estimate of drug-likeness (QED) is 0.534. The molecule has 0 spiro atoms. The van der Waals surface area contributed by atoms with Gasteiger partial charge in [0, 0.05) is 10.9 Å². The van der Waals surface area contributed by atoms with Gasteiger partial charge in [-0.3, -0.25) is 14.9 Å². The highest BCUT2D eigenvalue weighted by Gasteiger charge is 2.60. The van der Waals surface area contributed by atoms with E-state index >= 15 is 0 Å². The molecular formula is C21H25BrN2O4. The van der Waals surface area contributed by atoms with Crippen LogP contribution >= 0.6 is 15.9 Å². The predicted molar refractivity (Wildman–Crippen MR) is 107 cm³/mol. The Morgan fingerprint density at radius 3 is 2.39 bits per heavy atom. The van der Waals surface area contributed by atoms with Crippen molar-refractivity contribution in [3.05, 3.63) is 35.9 Å². The highest BCUT2D eigenvalue weighted by Crippen LogP contribution is 2.64. The molecule has 2 atom stereocenters. The molecule has 0 unspecified atom stereocenters. The van der Waals surface area contributed by atoms with E-state index in [4.69, 9.17) is 4.74 Å². The zero-order chi connectivity index (χ0) is 19.8. The van der Waals surface area contributed by atoms with Crippen molar-refractivity contribution in [2.45, 2.75) is 49.4 Å². The second-order valence-electron chi connectivity index (χ2n) is 8.68. The topological polar surface area (TPSA) is 84.5 Å². The molecule has 150 valence electrons. The molecule has 28 heavy (non-hydrogen) atoms. The number of imide groups is 1. The van der Waals surface area contributed by atoms with Crippen LogP contribution in [0.25, 0.3) is 0 Å². The fourth-order valence-electron chi connectivity index (χ4n) is 5.66. The lowest BCUT2D eigenvalue weighted by Crippen LogP contribution is -2.56.